The van der Waals surface area contributed by atoms with Crippen molar-refractivity contribution in [1.29, 1.82) is 0 Å². The van der Waals surface area contributed by atoms with Gasteiger partial charge in [-0.2, -0.15) is 0 Å². The largest absolute Gasteiger partial charge is 0.309 e. The summed E-state index contributed by atoms with van der Waals surface area (Å²) >= 11 is 1.72. The van der Waals surface area contributed by atoms with Gasteiger partial charge in [-0.1, -0.05) is 12.1 Å². The Kier molecular flexibility index (Phi) is 3.19. The van der Waals surface area contributed by atoms with Crippen LogP contribution in [0.4, 0.5) is 0 Å². The van der Waals surface area contributed by atoms with Crippen molar-refractivity contribution in [3.63, 3.8) is 0 Å². The predicted octanol–water partition coefficient (Wildman–Crippen LogP) is 3.39. The number of rotatable bonds is 2. The van der Waals surface area contributed by atoms with Crippen LogP contribution in [0.2, 0.25) is 0 Å². The fourth-order valence-electron chi connectivity index (χ4n) is 0.957. The second kappa shape index (κ2) is 4.18. The van der Waals surface area contributed by atoms with E-state index in [1.54, 1.807) is 11.8 Å². The lowest BCUT2D eigenvalue weighted by molar-refractivity contribution is 0.958. The third-order valence-corrected chi connectivity index (χ3v) is 2.54. The second-order valence-electron chi connectivity index (χ2n) is 2.58. The molecule has 1 aromatic carbocycles. The first-order chi connectivity index (χ1) is 5.77. The molecule has 2 heteroatoms. The molecule has 0 spiro atoms. The lowest BCUT2D eigenvalue weighted by Gasteiger charge is -2.00. The van der Waals surface area contributed by atoms with E-state index >= 15 is 0 Å². The van der Waals surface area contributed by atoms with Crippen LogP contribution in [0.1, 0.15) is 18.5 Å². The molecular weight excluding hydrogens is 166 g/mol. The van der Waals surface area contributed by atoms with E-state index in [4.69, 9.17) is 6.57 Å². The van der Waals surface area contributed by atoms with Gasteiger partial charge in [0, 0.05) is 17.4 Å². The summed E-state index contributed by atoms with van der Waals surface area (Å²) in [6.45, 7) is 8.78. The van der Waals surface area contributed by atoms with Crippen molar-refractivity contribution in [3.05, 3.63) is 41.2 Å². The summed E-state index contributed by atoms with van der Waals surface area (Å²) in [6.07, 6.45) is 2.05. The van der Waals surface area contributed by atoms with Crippen molar-refractivity contribution < 1.29 is 0 Å². The summed E-state index contributed by atoms with van der Waals surface area (Å²) in [5.41, 5.74) is 1.10. The molecular formula is C10H11NS. The minimum Gasteiger partial charge on any atom is -0.309 e. The number of benzene rings is 1. The third-order valence-electron chi connectivity index (χ3n) is 1.79. The van der Waals surface area contributed by atoms with Gasteiger partial charge in [0.05, 0.1) is 0 Å². The summed E-state index contributed by atoms with van der Waals surface area (Å²) in [7, 11) is 0. The maximum absolute atomic E-state index is 6.86. The molecule has 0 fully saturated rings. The number of thioether (sulfide) groups is 1. The third kappa shape index (κ3) is 2.02. The van der Waals surface area contributed by atoms with Crippen molar-refractivity contribution in [2.75, 3.05) is 6.26 Å². The summed E-state index contributed by atoms with van der Waals surface area (Å²) in [6, 6.07) is 8.15. The van der Waals surface area contributed by atoms with E-state index in [9.17, 15) is 0 Å². The molecule has 12 heavy (non-hydrogen) atoms. The Bertz CT molecular complexity index is 284. The van der Waals surface area contributed by atoms with Gasteiger partial charge in [0.1, 0.15) is 0 Å². The molecule has 62 valence electrons. The van der Waals surface area contributed by atoms with Gasteiger partial charge in [0.25, 0.3) is 0 Å². The average molecular weight is 177 g/mol. The van der Waals surface area contributed by atoms with Gasteiger partial charge in [0.2, 0.25) is 6.04 Å². The fraction of sp³-hybridized carbons (Fsp3) is 0.300. The smallest absolute Gasteiger partial charge is 0.245 e. The Hall–Kier alpha value is -0.940. The van der Waals surface area contributed by atoms with Gasteiger partial charge in [-0.05, 0) is 18.4 Å². The second-order valence-corrected chi connectivity index (χ2v) is 3.46. The van der Waals surface area contributed by atoms with Crippen LogP contribution < -0.4 is 0 Å². The molecule has 0 aromatic heterocycles. The first kappa shape index (κ1) is 9.15. The highest BCUT2D eigenvalue weighted by Gasteiger charge is 2.06. The molecule has 0 N–H and O–H groups in total. The van der Waals surface area contributed by atoms with Crippen LogP contribution in [-0.2, 0) is 0 Å². The molecule has 0 aliphatic rings. The molecule has 0 aliphatic heterocycles. The van der Waals surface area contributed by atoms with Gasteiger partial charge in [-0.3, -0.25) is 0 Å². The number of nitrogens with zero attached hydrogens (tertiary/aromatic N) is 1. The molecule has 0 saturated heterocycles. The van der Waals surface area contributed by atoms with E-state index in [1.165, 1.54) is 4.90 Å². The van der Waals surface area contributed by atoms with Gasteiger partial charge < -0.3 is 4.85 Å². The molecule has 1 rings (SSSR count). The van der Waals surface area contributed by atoms with Crippen LogP contribution in [0.15, 0.2) is 29.2 Å². The number of hydrogen-bond donors (Lipinski definition) is 0. The van der Waals surface area contributed by atoms with Crippen LogP contribution in [0.25, 0.3) is 4.85 Å². The first-order valence-electron chi connectivity index (χ1n) is 3.78. The lowest BCUT2D eigenvalue weighted by Crippen LogP contribution is -1.85. The van der Waals surface area contributed by atoms with Gasteiger partial charge in [-0.15, -0.1) is 11.8 Å². The normalized spacial score (nSPS) is 12.1. The summed E-state index contributed by atoms with van der Waals surface area (Å²) in [5, 5.41) is 0. The van der Waals surface area contributed by atoms with Crippen molar-refractivity contribution in [3.8, 4) is 0 Å². The molecule has 1 nitrogen and oxygen atoms in total. The van der Waals surface area contributed by atoms with Crippen LogP contribution in [0, 0.1) is 6.57 Å². The predicted molar refractivity (Wildman–Crippen MR) is 53.2 cm³/mol. The molecule has 0 heterocycles. The molecule has 0 amide bonds. The molecule has 0 bridgehead atoms. The highest BCUT2D eigenvalue weighted by molar-refractivity contribution is 7.98. The Morgan fingerprint density at radius 3 is 2.33 bits per heavy atom. The fourth-order valence-corrected chi connectivity index (χ4v) is 1.37. The van der Waals surface area contributed by atoms with E-state index in [2.05, 4.69) is 17.0 Å². The van der Waals surface area contributed by atoms with Crippen molar-refractivity contribution >= 4 is 11.8 Å². The Balaban J connectivity index is 2.86. The Labute approximate surface area is 77.6 Å². The number of hydrogen-bond acceptors (Lipinski definition) is 1. The zero-order valence-electron chi connectivity index (χ0n) is 7.24. The van der Waals surface area contributed by atoms with Gasteiger partial charge >= 0.3 is 0 Å². The van der Waals surface area contributed by atoms with Crippen LogP contribution in [0.5, 0.6) is 0 Å². The topological polar surface area (TPSA) is 4.36 Å². The maximum Gasteiger partial charge on any atom is 0.245 e. The highest BCUT2D eigenvalue weighted by Crippen LogP contribution is 2.20. The van der Waals surface area contributed by atoms with Crippen LogP contribution in [-0.4, -0.2) is 6.26 Å². The minimum absolute atomic E-state index is 0.0130. The van der Waals surface area contributed by atoms with E-state index in [0.717, 1.165) is 5.56 Å². The van der Waals surface area contributed by atoms with Crippen molar-refractivity contribution in [2.24, 2.45) is 0 Å². The van der Waals surface area contributed by atoms with Gasteiger partial charge in [0.15, 0.2) is 0 Å². The average Bonchev–Trinajstić information content (AvgIpc) is 2.17. The quantitative estimate of drug-likeness (QED) is 0.495. The van der Waals surface area contributed by atoms with E-state index < -0.39 is 0 Å². The van der Waals surface area contributed by atoms with Crippen molar-refractivity contribution in [2.45, 2.75) is 17.9 Å². The van der Waals surface area contributed by atoms with Crippen LogP contribution >= 0.6 is 11.8 Å². The first-order valence-corrected chi connectivity index (χ1v) is 5.01. The Morgan fingerprint density at radius 1 is 1.33 bits per heavy atom. The molecule has 0 radical (unpaired) electrons. The zero-order chi connectivity index (χ0) is 8.97. The van der Waals surface area contributed by atoms with Crippen LogP contribution in [0.3, 0.4) is 0 Å². The van der Waals surface area contributed by atoms with Gasteiger partial charge in [-0.25, -0.2) is 6.57 Å². The SMILES string of the molecule is [C-]#[N+]C(C)c1ccc(SC)cc1. The molecule has 1 aromatic rings. The minimum atomic E-state index is -0.0130. The Morgan fingerprint density at radius 2 is 1.92 bits per heavy atom. The molecule has 1 atom stereocenters. The zero-order valence-corrected chi connectivity index (χ0v) is 8.06. The van der Waals surface area contributed by atoms with Crippen molar-refractivity contribution in [1.82, 2.24) is 0 Å². The lowest BCUT2D eigenvalue weighted by atomic mass is 10.1. The standard InChI is InChI=1S/C10H11NS/c1-8(11-2)9-4-6-10(12-3)7-5-9/h4-8H,1,3H3. The van der Waals surface area contributed by atoms with E-state index in [-0.39, 0.29) is 6.04 Å². The van der Waals surface area contributed by atoms with E-state index in [0.29, 0.717) is 0 Å². The monoisotopic (exact) mass is 177 g/mol. The molecule has 0 aliphatic carbocycles. The summed E-state index contributed by atoms with van der Waals surface area (Å²) < 4.78 is 0. The highest BCUT2D eigenvalue weighted by atomic mass is 32.2. The summed E-state index contributed by atoms with van der Waals surface area (Å²) in [4.78, 5) is 4.70. The maximum atomic E-state index is 6.86. The summed E-state index contributed by atoms with van der Waals surface area (Å²) in [5.74, 6) is 0. The molecule has 1 unspecified atom stereocenters. The molecule has 0 saturated carbocycles. The van der Waals surface area contributed by atoms with E-state index in [1.807, 2.05) is 25.3 Å².